The highest BCUT2D eigenvalue weighted by Crippen LogP contribution is 2.18. The van der Waals surface area contributed by atoms with E-state index in [9.17, 15) is 0 Å². The lowest BCUT2D eigenvalue weighted by molar-refractivity contribution is 0.414. The van der Waals surface area contributed by atoms with Gasteiger partial charge in [0, 0.05) is 17.8 Å². The Morgan fingerprint density at radius 2 is 2.05 bits per heavy atom. The molecule has 0 amide bonds. The summed E-state index contributed by atoms with van der Waals surface area (Å²) < 4.78 is 5.23. The molecule has 3 N–H and O–H groups in total. The molecule has 0 radical (unpaired) electrons. The summed E-state index contributed by atoms with van der Waals surface area (Å²) in [6.07, 6.45) is 0.905. The summed E-state index contributed by atoms with van der Waals surface area (Å²) >= 11 is 5.09. The molecule has 110 valence electrons. The topological polar surface area (TPSA) is 47.3 Å². The fraction of sp³-hybridized carbons (Fsp3) is 0.235. The van der Waals surface area contributed by atoms with Gasteiger partial charge in [0.2, 0.25) is 0 Å². The SMILES string of the molecule is COc1cccc(CCNc2cc(C)ccc2C(N)=S)c1. The number of rotatable bonds is 6. The van der Waals surface area contributed by atoms with Crippen molar-refractivity contribution < 1.29 is 4.74 Å². The molecule has 0 saturated carbocycles. The minimum Gasteiger partial charge on any atom is -0.497 e. The van der Waals surface area contributed by atoms with Crippen molar-refractivity contribution in [2.24, 2.45) is 5.73 Å². The van der Waals surface area contributed by atoms with Crippen molar-refractivity contribution >= 4 is 22.9 Å². The number of hydrogen-bond donors (Lipinski definition) is 2. The first-order chi connectivity index (χ1) is 10.1. The Morgan fingerprint density at radius 3 is 2.76 bits per heavy atom. The van der Waals surface area contributed by atoms with E-state index in [0.717, 1.165) is 30.0 Å². The zero-order valence-corrected chi connectivity index (χ0v) is 13.2. The van der Waals surface area contributed by atoms with Crippen molar-refractivity contribution in [3.8, 4) is 5.75 Å². The van der Waals surface area contributed by atoms with Crippen molar-refractivity contribution in [1.82, 2.24) is 0 Å². The predicted molar refractivity (Wildman–Crippen MR) is 92.3 cm³/mol. The van der Waals surface area contributed by atoms with Crippen LogP contribution >= 0.6 is 12.2 Å². The lowest BCUT2D eigenvalue weighted by Gasteiger charge is -2.12. The minimum atomic E-state index is 0.416. The van der Waals surface area contributed by atoms with Gasteiger partial charge in [-0.2, -0.15) is 0 Å². The summed E-state index contributed by atoms with van der Waals surface area (Å²) in [5, 5.41) is 3.41. The summed E-state index contributed by atoms with van der Waals surface area (Å²) in [5.41, 5.74) is 10.0. The van der Waals surface area contributed by atoms with Gasteiger partial charge in [0.1, 0.15) is 10.7 Å². The van der Waals surface area contributed by atoms with Crippen LogP contribution in [0.5, 0.6) is 5.75 Å². The van der Waals surface area contributed by atoms with Crippen molar-refractivity contribution in [3.05, 3.63) is 59.2 Å². The van der Waals surface area contributed by atoms with Gasteiger partial charge >= 0.3 is 0 Å². The number of nitrogens with one attached hydrogen (secondary N) is 1. The Labute approximate surface area is 131 Å². The maximum Gasteiger partial charge on any atom is 0.119 e. The van der Waals surface area contributed by atoms with Gasteiger partial charge < -0.3 is 15.8 Å². The smallest absolute Gasteiger partial charge is 0.119 e. The van der Waals surface area contributed by atoms with Gasteiger partial charge in [-0.3, -0.25) is 0 Å². The van der Waals surface area contributed by atoms with Gasteiger partial charge in [0.15, 0.2) is 0 Å². The molecule has 0 aliphatic rings. The number of hydrogen-bond acceptors (Lipinski definition) is 3. The molecule has 2 rings (SSSR count). The molecule has 0 saturated heterocycles. The van der Waals surface area contributed by atoms with E-state index < -0.39 is 0 Å². The van der Waals surface area contributed by atoms with E-state index in [-0.39, 0.29) is 0 Å². The summed E-state index contributed by atoms with van der Waals surface area (Å²) in [5.74, 6) is 0.881. The highest BCUT2D eigenvalue weighted by molar-refractivity contribution is 7.80. The van der Waals surface area contributed by atoms with Crippen LogP contribution in [-0.2, 0) is 6.42 Å². The van der Waals surface area contributed by atoms with E-state index in [1.807, 2.05) is 30.3 Å². The average Bonchev–Trinajstić information content (AvgIpc) is 2.47. The zero-order valence-electron chi connectivity index (χ0n) is 12.3. The van der Waals surface area contributed by atoms with Gasteiger partial charge in [-0.05, 0) is 48.7 Å². The van der Waals surface area contributed by atoms with E-state index in [1.54, 1.807) is 7.11 Å². The largest absolute Gasteiger partial charge is 0.497 e. The number of methoxy groups -OCH3 is 1. The first-order valence-electron chi connectivity index (χ1n) is 6.87. The number of ether oxygens (including phenoxy) is 1. The van der Waals surface area contributed by atoms with E-state index in [4.69, 9.17) is 22.7 Å². The highest BCUT2D eigenvalue weighted by Gasteiger charge is 2.05. The molecular weight excluding hydrogens is 280 g/mol. The fourth-order valence-electron chi connectivity index (χ4n) is 2.19. The standard InChI is InChI=1S/C17H20N2OS/c1-12-6-7-15(17(18)21)16(10-12)19-9-8-13-4-3-5-14(11-13)20-2/h3-7,10-11,19H,8-9H2,1-2H3,(H2,18,21). The maximum absolute atomic E-state index is 5.76. The number of nitrogens with two attached hydrogens (primary N) is 1. The Bertz CT molecular complexity index is 640. The van der Waals surface area contributed by atoms with Gasteiger partial charge in [-0.1, -0.05) is 30.4 Å². The van der Waals surface area contributed by atoms with E-state index in [1.165, 1.54) is 11.1 Å². The van der Waals surface area contributed by atoms with Crippen LogP contribution in [0.4, 0.5) is 5.69 Å². The predicted octanol–water partition coefficient (Wildman–Crippen LogP) is 3.29. The molecule has 21 heavy (non-hydrogen) atoms. The third-order valence-electron chi connectivity index (χ3n) is 3.30. The van der Waals surface area contributed by atoms with Crippen molar-refractivity contribution in [2.45, 2.75) is 13.3 Å². The minimum absolute atomic E-state index is 0.416. The second-order valence-electron chi connectivity index (χ2n) is 4.94. The van der Waals surface area contributed by atoms with Crippen molar-refractivity contribution in [1.29, 1.82) is 0 Å². The van der Waals surface area contributed by atoms with Crippen LogP contribution in [-0.4, -0.2) is 18.6 Å². The van der Waals surface area contributed by atoms with Crippen LogP contribution in [0.3, 0.4) is 0 Å². The highest BCUT2D eigenvalue weighted by atomic mass is 32.1. The van der Waals surface area contributed by atoms with Crippen LogP contribution < -0.4 is 15.8 Å². The second-order valence-corrected chi connectivity index (χ2v) is 5.38. The van der Waals surface area contributed by atoms with E-state index >= 15 is 0 Å². The molecule has 0 aliphatic carbocycles. The first-order valence-corrected chi connectivity index (χ1v) is 7.28. The third-order valence-corrected chi connectivity index (χ3v) is 3.52. The molecule has 2 aromatic carbocycles. The summed E-state index contributed by atoms with van der Waals surface area (Å²) in [7, 11) is 1.68. The first kappa shape index (κ1) is 15.3. The normalized spacial score (nSPS) is 10.2. The third kappa shape index (κ3) is 4.20. The molecule has 0 spiro atoms. The van der Waals surface area contributed by atoms with Crippen LogP contribution in [0, 0.1) is 6.92 Å². The molecule has 0 heterocycles. The summed E-state index contributed by atoms with van der Waals surface area (Å²) in [6, 6.07) is 14.1. The van der Waals surface area contributed by atoms with E-state index in [0.29, 0.717) is 4.99 Å². The Morgan fingerprint density at radius 1 is 1.24 bits per heavy atom. The number of benzene rings is 2. The summed E-state index contributed by atoms with van der Waals surface area (Å²) in [4.78, 5) is 0.416. The fourth-order valence-corrected chi connectivity index (χ4v) is 2.37. The zero-order chi connectivity index (χ0) is 15.2. The average molecular weight is 300 g/mol. The second kappa shape index (κ2) is 7.09. The summed E-state index contributed by atoms with van der Waals surface area (Å²) in [6.45, 7) is 2.86. The lowest BCUT2D eigenvalue weighted by atomic mass is 10.1. The number of aryl methyl sites for hydroxylation is 1. The molecule has 2 aromatic rings. The van der Waals surface area contributed by atoms with Crippen LogP contribution in [0.25, 0.3) is 0 Å². The van der Waals surface area contributed by atoms with Gasteiger partial charge in [-0.15, -0.1) is 0 Å². The van der Waals surface area contributed by atoms with Gasteiger partial charge in [0.25, 0.3) is 0 Å². The molecule has 0 unspecified atom stereocenters. The molecule has 3 nitrogen and oxygen atoms in total. The Balaban J connectivity index is 2.03. The van der Waals surface area contributed by atoms with Crippen LogP contribution in [0.15, 0.2) is 42.5 Å². The van der Waals surface area contributed by atoms with Crippen molar-refractivity contribution in [2.75, 3.05) is 19.0 Å². The molecule has 4 heteroatoms. The molecule has 0 aliphatic heterocycles. The number of anilines is 1. The van der Waals surface area contributed by atoms with Gasteiger partial charge in [0.05, 0.1) is 7.11 Å². The molecular formula is C17H20N2OS. The van der Waals surface area contributed by atoms with Crippen molar-refractivity contribution in [3.63, 3.8) is 0 Å². The Hall–Kier alpha value is -2.07. The van der Waals surface area contributed by atoms with Crippen LogP contribution in [0.1, 0.15) is 16.7 Å². The molecule has 0 atom stereocenters. The molecule has 0 fully saturated rings. The maximum atomic E-state index is 5.76. The van der Waals surface area contributed by atoms with Crippen LogP contribution in [0.2, 0.25) is 0 Å². The van der Waals surface area contributed by atoms with Gasteiger partial charge in [-0.25, -0.2) is 0 Å². The molecule has 0 aromatic heterocycles. The monoisotopic (exact) mass is 300 g/mol. The number of thiocarbonyl (C=S) groups is 1. The quantitative estimate of drug-likeness (QED) is 0.804. The molecule has 0 bridgehead atoms. The Kier molecular flexibility index (Phi) is 5.17. The van der Waals surface area contributed by atoms with E-state index in [2.05, 4.69) is 24.4 Å². The lowest BCUT2D eigenvalue weighted by Crippen LogP contribution is -2.14.